The van der Waals surface area contributed by atoms with Crippen LogP contribution in [-0.4, -0.2) is 16.8 Å². The molecule has 0 radical (unpaired) electrons. The van der Waals surface area contributed by atoms with Crippen molar-refractivity contribution in [2.24, 2.45) is 0 Å². The van der Waals surface area contributed by atoms with Gasteiger partial charge < -0.3 is 11.1 Å². The summed E-state index contributed by atoms with van der Waals surface area (Å²) in [5.41, 5.74) is 5.89. The maximum atomic E-state index is 10.6. The first-order chi connectivity index (χ1) is 7.06. The maximum Gasteiger partial charge on any atom is 0.294 e. The number of rotatable bonds is 4. The third-order valence-corrected chi connectivity index (χ3v) is 2.43. The highest BCUT2D eigenvalue weighted by Crippen LogP contribution is 2.32. The molecule has 1 aromatic rings. The largest absolute Gasteiger partial charge is 0.393 e. The summed E-state index contributed by atoms with van der Waals surface area (Å²) in [6, 6.07) is 2.70. The molecule has 1 rings (SSSR count). The van der Waals surface area contributed by atoms with Gasteiger partial charge >= 0.3 is 0 Å². The molecule has 0 atom stereocenters. The second kappa shape index (κ2) is 5.18. The Morgan fingerprint density at radius 1 is 1.60 bits per heavy atom. The average molecular weight is 295 g/mol. The summed E-state index contributed by atoms with van der Waals surface area (Å²) >= 11 is 9.09. The number of alkyl halides is 1. The molecule has 0 fully saturated rings. The molecule has 82 valence electrons. The number of halogens is 2. The lowest BCUT2D eigenvalue weighted by molar-refractivity contribution is -0.383. The summed E-state index contributed by atoms with van der Waals surface area (Å²) in [5, 5.41) is 14.6. The SMILES string of the molecule is Nc1cc(Cl)c(NCCBr)cc1[N+](=O)[O-]. The molecule has 15 heavy (non-hydrogen) atoms. The highest BCUT2D eigenvalue weighted by molar-refractivity contribution is 9.09. The molecule has 0 spiro atoms. The van der Waals surface area contributed by atoms with E-state index in [-0.39, 0.29) is 11.4 Å². The van der Waals surface area contributed by atoms with E-state index < -0.39 is 4.92 Å². The molecule has 0 aliphatic heterocycles. The number of nitrogens with one attached hydrogen (secondary N) is 1. The van der Waals surface area contributed by atoms with Gasteiger partial charge in [-0.3, -0.25) is 10.1 Å². The number of nitrogen functional groups attached to an aromatic ring is 1. The summed E-state index contributed by atoms with van der Waals surface area (Å²) in [7, 11) is 0. The van der Waals surface area contributed by atoms with Gasteiger partial charge in [0.25, 0.3) is 5.69 Å². The van der Waals surface area contributed by atoms with Crippen molar-refractivity contribution in [3.05, 3.63) is 27.3 Å². The number of nitro groups is 1. The Bertz CT molecular complexity index is 386. The predicted molar refractivity (Wildman–Crippen MR) is 64.8 cm³/mol. The summed E-state index contributed by atoms with van der Waals surface area (Å²) < 4.78 is 0. The van der Waals surface area contributed by atoms with E-state index in [4.69, 9.17) is 17.3 Å². The Kier molecular flexibility index (Phi) is 4.16. The van der Waals surface area contributed by atoms with Crippen LogP contribution in [0.3, 0.4) is 0 Å². The molecular weight excluding hydrogens is 285 g/mol. The van der Waals surface area contributed by atoms with Gasteiger partial charge in [-0.15, -0.1) is 0 Å². The van der Waals surface area contributed by atoms with Crippen molar-refractivity contribution in [2.75, 3.05) is 22.9 Å². The Morgan fingerprint density at radius 3 is 2.80 bits per heavy atom. The molecule has 0 saturated heterocycles. The van der Waals surface area contributed by atoms with Crippen LogP contribution >= 0.6 is 27.5 Å². The molecule has 0 bridgehead atoms. The van der Waals surface area contributed by atoms with Gasteiger partial charge in [0.15, 0.2) is 0 Å². The topological polar surface area (TPSA) is 81.2 Å². The molecule has 1 aromatic carbocycles. The molecule has 0 heterocycles. The molecule has 0 saturated carbocycles. The maximum absolute atomic E-state index is 10.6. The lowest BCUT2D eigenvalue weighted by Gasteiger charge is -2.07. The number of anilines is 2. The van der Waals surface area contributed by atoms with E-state index in [0.717, 1.165) is 5.33 Å². The minimum Gasteiger partial charge on any atom is -0.393 e. The van der Waals surface area contributed by atoms with Gasteiger partial charge in [0.1, 0.15) is 5.69 Å². The number of hydrogen-bond acceptors (Lipinski definition) is 4. The third-order valence-electron chi connectivity index (χ3n) is 1.72. The van der Waals surface area contributed by atoms with Crippen LogP contribution in [0.15, 0.2) is 12.1 Å². The van der Waals surface area contributed by atoms with E-state index in [1.807, 2.05) is 0 Å². The van der Waals surface area contributed by atoms with E-state index in [1.165, 1.54) is 12.1 Å². The molecule has 7 heteroatoms. The molecule has 0 amide bonds. The lowest BCUT2D eigenvalue weighted by Crippen LogP contribution is -2.04. The smallest absolute Gasteiger partial charge is 0.294 e. The van der Waals surface area contributed by atoms with Crippen molar-refractivity contribution in [1.29, 1.82) is 0 Å². The van der Waals surface area contributed by atoms with E-state index in [2.05, 4.69) is 21.2 Å². The molecule has 0 unspecified atom stereocenters. The highest BCUT2D eigenvalue weighted by Gasteiger charge is 2.14. The minimum absolute atomic E-state index is 0.0643. The zero-order valence-electron chi connectivity index (χ0n) is 7.67. The summed E-state index contributed by atoms with van der Waals surface area (Å²) in [4.78, 5) is 10.1. The zero-order valence-corrected chi connectivity index (χ0v) is 10.0. The van der Waals surface area contributed by atoms with Crippen LogP contribution in [0.5, 0.6) is 0 Å². The molecule has 0 aliphatic rings. The second-order valence-corrected chi connectivity index (χ2v) is 3.96. The fraction of sp³-hybridized carbons (Fsp3) is 0.250. The molecule has 5 nitrogen and oxygen atoms in total. The number of benzene rings is 1. The van der Waals surface area contributed by atoms with Crippen LogP contribution in [0, 0.1) is 10.1 Å². The quantitative estimate of drug-likeness (QED) is 0.387. The molecule has 0 aromatic heterocycles. The van der Waals surface area contributed by atoms with Crippen molar-refractivity contribution >= 4 is 44.6 Å². The standard InChI is InChI=1S/C8H9BrClN3O2/c9-1-2-12-7-4-8(13(14)15)6(11)3-5(7)10/h3-4,12H,1-2,11H2. The van der Waals surface area contributed by atoms with Crippen LogP contribution in [0.4, 0.5) is 17.1 Å². The van der Waals surface area contributed by atoms with Gasteiger partial charge in [0.05, 0.1) is 15.6 Å². The number of hydrogen-bond donors (Lipinski definition) is 2. The third kappa shape index (κ3) is 2.97. The summed E-state index contributed by atoms with van der Waals surface area (Å²) in [6.45, 7) is 0.626. The predicted octanol–water partition coefficient (Wildman–Crippen LogP) is 2.64. The van der Waals surface area contributed by atoms with E-state index in [1.54, 1.807) is 0 Å². The first kappa shape index (κ1) is 12.1. The average Bonchev–Trinajstić information content (AvgIpc) is 2.16. The number of nitrogens with zero attached hydrogens (tertiary/aromatic N) is 1. The number of nitrogens with two attached hydrogens (primary N) is 1. The number of nitro benzene ring substituents is 1. The Labute approximate surface area is 99.9 Å². The van der Waals surface area contributed by atoms with Crippen molar-refractivity contribution < 1.29 is 4.92 Å². The van der Waals surface area contributed by atoms with E-state index in [0.29, 0.717) is 17.3 Å². The van der Waals surface area contributed by atoms with Crippen LogP contribution in [-0.2, 0) is 0 Å². The summed E-state index contributed by atoms with van der Waals surface area (Å²) in [6.07, 6.45) is 0. The van der Waals surface area contributed by atoms with Gasteiger partial charge in [-0.05, 0) is 6.07 Å². The monoisotopic (exact) mass is 293 g/mol. The highest BCUT2D eigenvalue weighted by atomic mass is 79.9. The fourth-order valence-electron chi connectivity index (χ4n) is 1.05. The van der Waals surface area contributed by atoms with Crippen molar-refractivity contribution in [3.63, 3.8) is 0 Å². The van der Waals surface area contributed by atoms with Gasteiger partial charge in [-0.2, -0.15) is 0 Å². The first-order valence-corrected chi connectivity index (χ1v) is 5.59. The molecular formula is C8H9BrClN3O2. The second-order valence-electron chi connectivity index (χ2n) is 2.76. The lowest BCUT2D eigenvalue weighted by atomic mass is 10.2. The van der Waals surface area contributed by atoms with Gasteiger partial charge in [-0.1, -0.05) is 27.5 Å². The summed E-state index contributed by atoms with van der Waals surface area (Å²) in [5.74, 6) is 0. The normalized spacial score (nSPS) is 10.0. The van der Waals surface area contributed by atoms with E-state index >= 15 is 0 Å². The van der Waals surface area contributed by atoms with Gasteiger partial charge in [-0.25, -0.2) is 0 Å². The zero-order chi connectivity index (χ0) is 11.4. The van der Waals surface area contributed by atoms with Crippen LogP contribution in [0.25, 0.3) is 0 Å². The first-order valence-electron chi connectivity index (χ1n) is 4.09. The van der Waals surface area contributed by atoms with Gasteiger partial charge in [0, 0.05) is 17.9 Å². The van der Waals surface area contributed by atoms with Crippen molar-refractivity contribution in [2.45, 2.75) is 0 Å². The minimum atomic E-state index is -0.537. The Hall–Kier alpha value is -1.01. The Balaban J connectivity index is 3.06. The van der Waals surface area contributed by atoms with Gasteiger partial charge in [0.2, 0.25) is 0 Å². The van der Waals surface area contributed by atoms with Crippen molar-refractivity contribution in [3.8, 4) is 0 Å². The van der Waals surface area contributed by atoms with Crippen LogP contribution in [0.2, 0.25) is 5.02 Å². The fourth-order valence-corrected chi connectivity index (χ4v) is 1.49. The Morgan fingerprint density at radius 2 is 2.27 bits per heavy atom. The molecule has 3 N–H and O–H groups in total. The van der Waals surface area contributed by atoms with Crippen LogP contribution < -0.4 is 11.1 Å². The van der Waals surface area contributed by atoms with Crippen LogP contribution in [0.1, 0.15) is 0 Å². The van der Waals surface area contributed by atoms with Crippen molar-refractivity contribution in [1.82, 2.24) is 0 Å². The van der Waals surface area contributed by atoms with E-state index in [9.17, 15) is 10.1 Å². The molecule has 0 aliphatic carbocycles.